The van der Waals surface area contributed by atoms with Crippen LogP contribution < -0.4 is 5.32 Å². The standard InChI is InChI=1S/C11H20N2O2S/c14-11(10-4-2-1-3-5-12-10)13-6-8-16(15)9-7-13/h10,12H,1-9H2. The Morgan fingerprint density at radius 2 is 1.94 bits per heavy atom. The molecule has 1 N–H and O–H groups in total. The van der Waals surface area contributed by atoms with Crippen molar-refractivity contribution in [2.75, 3.05) is 31.1 Å². The molecule has 2 rings (SSSR count). The number of amides is 1. The zero-order valence-corrected chi connectivity index (χ0v) is 10.4. The molecule has 0 aliphatic carbocycles. The molecule has 0 spiro atoms. The zero-order valence-electron chi connectivity index (χ0n) is 9.61. The van der Waals surface area contributed by atoms with Crippen molar-refractivity contribution in [2.45, 2.75) is 31.7 Å². The highest BCUT2D eigenvalue weighted by Gasteiger charge is 2.27. The van der Waals surface area contributed by atoms with E-state index < -0.39 is 10.8 Å². The SMILES string of the molecule is O=C(C1CCCCCN1)N1CCS(=O)CC1. The van der Waals surface area contributed by atoms with Gasteiger partial charge in [-0.2, -0.15) is 0 Å². The van der Waals surface area contributed by atoms with Crippen LogP contribution in [0.1, 0.15) is 25.7 Å². The fourth-order valence-electron chi connectivity index (χ4n) is 2.32. The van der Waals surface area contributed by atoms with E-state index in [0.29, 0.717) is 24.6 Å². The van der Waals surface area contributed by atoms with Crippen LogP contribution in [0.3, 0.4) is 0 Å². The average Bonchev–Trinajstić information content (AvgIpc) is 2.57. The summed E-state index contributed by atoms with van der Waals surface area (Å²) in [5, 5.41) is 3.32. The van der Waals surface area contributed by atoms with Crippen molar-refractivity contribution < 1.29 is 9.00 Å². The van der Waals surface area contributed by atoms with E-state index in [9.17, 15) is 9.00 Å². The van der Waals surface area contributed by atoms with Gasteiger partial charge in [-0.1, -0.05) is 12.8 Å². The van der Waals surface area contributed by atoms with Crippen molar-refractivity contribution in [2.24, 2.45) is 0 Å². The van der Waals surface area contributed by atoms with Gasteiger partial charge in [-0.3, -0.25) is 9.00 Å². The Bertz CT molecular complexity index is 265. The monoisotopic (exact) mass is 244 g/mol. The second-order valence-electron chi connectivity index (χ2n) is 4.53. The zero-order chi connectivity index (χ0) is 11.4. The first-order valence-corrected chi connectivity index (χ1v) is 7.63. The van der Waals surface area contributed by atoms with Gasteiger partial charge in [-0.05, 0) is 19.4 Å². The third-order valence-electron chi connectivity index (χ3n) is 3.35. The quantitative estimate of drug-likeness (QED) is 0.712. The molecular weight excluding hydrogens is 224 g/mol. The van der Waals surface area contributed by atoms with Crippen LogP contribution in [0.25, 0.3) is 0 Å². The first kappa shape index (κ1) is 12.0. The Hall–Kier alpha value is -0.420. The number of carbonyl (C=O) groups excluding carboxylic acids is 1. The van der Waals surface area contributed by atoms with Crippen molar-refractivity contribution >= 4 is 16.7 Å². The third-order valence-corrected chi connectivity index (χ3v) is 4.62. The molecule has 0 radical (unpaired) electrons. The molecule has 2 aliphatic rings. The van der Waals surface area contributed by atoms with Gasteiger partial charge in [0.25, 0.3) is 0 Å². The van der Waals surface area contributed by atoms with Crippen LogP contribution in [-0.4, -0.2) is 52.2 Å². The fraction of sp³-hybridized carbons (Fsp3) is 0.909. The highest BCUT2D eigenvalue weighted by Crippen LogP contribution is 2.12. The number of hydrogen-bond donors (Lipinski definition) is 1. The van der Waals surface area contributed by atoms with Crippen LogP contribution >= 0.6 is 0 Å². The van der Waals surface area contributed by atoms with Crippen LogP contribution in [0.5, 0.6) is 0 Å². The first-order valence-electron chi connectivity index (χ1n) is 6.14. The lowest BCUT2D eigenvalue weighted by atomic mass is 10.1. The number of carbonyl (C=O) groups is 1. The summed E-state index contributed by atoms with van der Waals surface area (Å²) in [5.41, 5.74) is 0. The number of rotatable bonds is 1. The summed E-state index contributed by atoms with van der Waals surface area (Å²) in [5.74, 6) is 1.52. The fourth-order valence-corrected chi connectivity index (χ4v) is 3.37. The highest BCUT2D eigenvalue weighted by atomic mass is 32.2. The molecule has 16 heavy (non-hydrogen) atoms. The second-order valence-corrected chi connectivity index (χ2v) is 6.23. The Morgan fingerprint density at radius 3 is 2.69 bits per heavy atom. The molecule has 0 aromatic heterocycles. The van der Waals surface area contributed by atoms with Crippen molar-refractivity contribution in [3.05, 3.63) is 0 Å². The number of nitrogens with zero attached hydrogens (tertiary/aromatic N) is 1. The van der Waals surface area contributed by atoms with Gasteiger partial charge in [0, 0.05) is 35.4 Å². The van der Waals surface area contributed by atoms with E-state index in [-0.39, 0.29) is 11.9 Å². The van der Waals surface area contributed by atoms with E-state index in [1.807, 2.05) is 4.90 Å². The van der Waals surface area contributed by atoms with E-state index in [1.165, 1.54) is 12.8 Å². The molecule has 92 valence electrons. The average molecular weight is 244 g/mol. The lowest BCUT2D eigenvalue weighted by Crippen LogP contribution is -2.50. The maximum absolute atomic E-state index is 12.2. The number of nitrogens with one attached hydrogen (secondary N) is 1. The topological polar surface area (TPSA) is 49.4 Å². The summed E-state index contributed by atoms with van der Waals surface area (Å²) in [6.07, 6.45) is 4.50. The molecule has 2 heterocycles. The van der Waals surface area contributed by atoms with Crippen LogP contribution in [0.15, 0.2) is 0 Å². The van der Waals surface area contributed by atoms with Crippen molar-refractivity contribution in [3.63, 3.8) is 0 Å². The molecule has 2 aliphatic heterocycles. The molecule has 2 fully saturated rings. The Morgan fingerprint density at radius 1 is 1.19 bits per heavy atom. The number of hydrogen-bond acceptors (Lipinski definition) is 3. The lowest BCUT2D eigenvalue weighted by Gasteiger charge is -2.30. The Kier molecular flexibility index (Phi) is 4.35. The summed E-state index contributed by atoms with van der Waals surface area (Å²) in [7, 11) is -0.700. The van der Waals surface area contributed by atoms with E-state index in [4.69, 9.17) is 0 Å². The van der Waals surface area contributed by atoms with E-state index in [0.717, 1.165) is 19.4 Å². The van der Waals surface area contributed by atoms with Crippen LogP contribution in [-0.2, 0) is 15.6 Å². The molecule has 0 saturated carbocycles. The minimum Gasteiger partial charge on any atom is -0.340 e. The molecule has 1 unspecified atom stereocenters. The van der Waals surface area contributed by atoms with Gasteiger partial charge in [0.2, 0.25) is 5.91 Å². The molecule has 0 bridgehead atoms. The lowest BCUT2D eigenvalue weighted by molar-refractivity contribution is -0.133. The normalized spacial score (nSPS) is 28.8. The van der Waals surface area contributed by atoms with Crippen LogP contribution in [0.4, 0.5) is 0 Å². The van der Waals surface area contributed by atoms with Gasteiger partial charge in [0.05, 0.1) is 6.04 Å². The summed E-state index contributed by atoms with van der Waals surface area (Å²) in [4.78, 5) is 14.1. The van der Waals surface area contributed by atoms with Crippen molar-refractivity contribution in [1.29, 1.82) is 0 Å². The maximum Gasteiger partial charge on any atom is 0.239 e. The minimum absolute atomic E-state index is 0.00837. The molecule has 5 heteroatoms. The van der Waals surface area contributed by atoms with Gasteiger partial charge in [-0.25, -0.2) is 0 Å². The first-order chi connectivity index (χ1) is 7.77. The molecular formula is C11H20N2O2S. The highest BCUT2D eigenvalue weighted by molar-refractivity contribution is 7.85. The smallest absolute Gasteiger partial charge is 0.239 e. The van der Waals surface area contributed by atoms with Crippen molar-refractivity contribution in [1.82, 2.24) is 10.2 Å². The maximum atomic E-state index is 12.2. The van der Waals surface area contributed by atoms with Crippen molar-refractivity contribution in [3.8, 4) is 0 Å². The Balaban J connectivity index is 1.87. The Labute approximate surface area is 99.2 Å². The molecule has 4 nitrogen and oxygen atoms in total. The van der Waals surface area contributed by atoms with Gasteiger partial charge in [0.1, 0.15) is 0 Å². The van der Waals surface area contributed by atoms with Gasteiger partial charge in [-0.15, -0.1) is 0 Å². The van der Waals surface area contributed by atoms with E-state index >= 15 is 0 Å². The van der Waals surface area contributed by atoms with E-state index in [1.54, 1.807) is 0 Å². The van der Waals surface area contributed by atoms with Gasteiger partial charge < -0.3 is 10.2 Å². The summed E-state index contributed by atoms with van der Waals surface area (Å²) < 4.78 is 11.2. The summed E-state index contributed by atoms with van der Waals surface area (Å²) in [6, 6.07) is 0.00837. The predicted octanol–water partition coefficient (Wildman–Crippen LogP) is 0.110. The molecule has 1 amide bonds. The van der Waals surface area contributed by atoms with Crippen LogP contribution in [0, 0.1) is 0 Å². The second kappa shape index (κ2) is 5.77. The molecule has 1 atom stereocenters. The minimum atomic E-state index is -0.700. The van der Waals surface area contributed by atoms with Crippen LogP contribution in [0.2, 0.25) is 0 Å². The van der Waals surface area contributed by atoms with Gasteiger partial charge in [0.15, 0.2) is 0 Å². The van der Waals surface area contributed by atoms with Gasteiger partial charge >= 0.3 is 0 Å². The summed E-state index contributed by atoms with van der Waals surface area (Å²) in [6.45, 7) is 2.30. The predicted molar refractivity (Wildman–Crippen MR) is 64.7 cm³/mol. The molecule has 0 aromatic rings. The third kappa shape index (κ3) is 3.04. The molecule has 2 saturated heterocycles. The van der Waals surface area contributed by atoms with E-state index in [2.05, 4.69) is 5.32 Å². The largest absolute Gasteiger partial charge is 0.340 e. The summed E-state index contributed by atoms with van der Waals surface area (Å²) >= 11 is 0. The molecule has 0 aromatic carbocycles.